The van der Waals surface area contributed by atoms with Crippen LogP contribution < -0.4 is 34.9 Å². The molecule has 6 nitrogen and oxygen atoms in total. The molecule has 1 heterocycles. The van der Waals surface area contributed by atoms with Gasteiger partial charge < -0.3 is 17.2 Å². The van der Waals surface area contributed by atoms with Crippen molar-refractivity contribution in [2.45, 2.75) is 0 Å². The Kier molecular flexibility index (Phi) is 5.57. The summed E-state index contributed by atoms with van der Waals surface area (Å²) < 4.78 is 0. The van der Waals surface area contributed by atoms with E-state index >= 15 is 0 Å². The van der Waals surface area contributed by atoms with Crippen LogP contribution in [0.4, 0.5) is 0 Å². The Bertz CT molecular complexity index is 141. The van der Waals surface area contributed by atoms with Crippen LogP contribution >= 0.6 is 0 Å². The van der Waals surface area contributed by atoms with Crippen LogP contribution in [0.15, 0.2) is 5.28 Å². The normalized spacial score (nSPS) is 19.3. The summed E-state index contributed by atoms with van der Waals surface area (Å²) in [5, 5.41) is 25.6. The molecule has 0 atom stereocenters. The number of rotatable bonds is 1. The van der Waals surface area contributed by atoms with Crippen molar-refractivity contribution < 1.29 is 41.2 Å². The first kappa shape index (κ1) is 11.0. The van der Waals surface area contributed by atoms with Crippen LogP contribution in [0.25, 0.3) is 0 Å². The molecule has 60 valence electrons. The molecular formula is C4H11N4NaO2. The van der Waals surface area contributed by atoms with Crippen LogP contribution in [0.5, 0.6) is 0 Å². The number of piperazine rings is 1. The summed E-state index contributed by atoms with van der Waals surface area (Å²) in [5.74, 6) is 0. The molecule has 0 bridgehead atoms. The van der Waals surface area contributed by atoms with E-state index in [1.165, 1.54) is 5.01 Å². The van der Waals surface area contributed by atoms with Crippen molar-refractivity contribution in [1.29, 1.82) is 0 Å². The van der Waals surface area contributed by atoms with Gasteiger partial charge in [-0.05, 0) is 0 Å². The van der Waals surface area contributed by atoms with Crippen molar-refractivity contribution in [2.24, 2.45) is 5.28 Å². The van der Waals surface area contributed by atoms with Crippen molar-refractivity contribution in [3.05, 3.63) is 5.21 Å². The predicted molar refractivity (Wildman–Crippen MR) is 33.4 cm³/mol. The van der Waals surface area contributed by atoms with Gasteiger partial charge in [-0.2, -0.15) is 0 Å². The Morgan fingerprint density at radius 2 is 2.09 bits per heavy atom. The fourth-order valence-corrected chi connectivity index (χ4v) is 0.881. The first-order valence-corrected chi connectivity index (χ1v) is 3.12. The summed E-state index contributed by atoms with van der Waals surface area (Å²) in [6, 6.07) is 0. The van der Waals surface area contributed by atoms with Gasteiger partial charge in [-0.1, -0.05) is 0 Å². The van der Waals surface area contributed by atoms with Gasteiger partial charge in [-0.3, -0.25) is 0 Å². The van der Waals surface area contributed by atoms with Gasteiger partial charge in [-0.25, -0.2) is 0 Å². The summed E-state index contributed by atoms with van der Waals surface area (Å²) >= 11 is 0. The quantitative estimate of drug-likeness (QED) is 0.184. The number of nitrogens with one attached hydrogen (secondary N) is 1. The molecular weight excluding hydrogens is 159 g/mol. The Hall–Kier alpha value is -0.0400. The van der Waals surface area contributed by atoms with E-state index in [1.807, 2.05) is 0 Å². The summed E-state index contributed by atoms with van der Waals surface area (Å²) in [4.78, 5) is 0.209. The van der Waals surface area contributed by atoms with Crippen LogP contribution in [0.1, 0.15) is 1.43 Å². The van der Waals surface area contributed by atoms with Gasteiger partial charge in [0.05, 0.1) is 18.1 Å². The fourth-order valence-electron chi connectivity index (χ4n) is 0.881. The van der Waals surface area contributed by atoms with Crippen LogP contribution in [0, 0.1) is 5.21 Å². The zero-order valence-corrected chi connectivity index (χ0v) is 8.53. The number of nitrogens with zero attached hydrogens (tertiary/aromatic N) is 3. The molecule has 0 aromatic rings. The largest absolute Gasteiger partial charge is 1.00 e. The standard InChI is InChI=1S/C4H10N4O2.Na.H/c9-6-8(10)7-3-1-5-2-4-7;;/h5,9H,1-4H2;;/q;+1;-1. The maximum atomic E-state index is 10.6. The molecule has 0 saturated carbocycles. The van der Waals surface area contributed by atoms with Gasteiger partial charge in [0.25, 0.3) is 0 Å². The van der Waals surface area contributed by atoms with Gasteiger partial charge >= 0.3 is 29.6 Å². The molecule has 0 aromatic carbocycles. The second-order valence-corrected chi connectivity index (χ2v) is 2.05. The molecule has 0 amide bonds. The molecule has 1 aliphatic rings. The van der Waals surface area contributed by atoms with E-state index in [4.69, 9.17) is 5.21 Å². The Morgan fingerprint density at radius 1 is 1.55 bits per heavy atom. The Morgan fingerprint density at radius 3 is 2.55 bits per heavy atom. The van der Waals surface area contributed by atoms with Crippen molar-refractivity contribution >= 4 is 0 Å². The van der Waals surface area contributed by atoms with Crippen LogP contribution in [0.3, 0.4) is 0 Å². The molecule has 0 aliphatic carbocycles. The minimum Gasteiger partial charge on any atom is -1.00 e. The van der Waals surface area contributed by atoms with E-state index < -0.39 is 0 Å². The third-order valence-corrected chi connectivity index (χ3v) is 1.41. The summed E-state index contributed by atoms with van der Waals surface area (Å²) in [6.45, 7) is 2.70. The maximum Gasteiger partial charge on any atom is 1.00 e. The van der Waals surface area contributed by atoms with Crippen molar-refractivity contribution in [3.63, 3.8) is 0 Å². The zero-order chi connectivity index (χ0) is 7.40. The van der Waals surface area contributed by atoms with Gasteiger partial charge in [0.1, 0.15) is 0 Å². The smallest absolute Gasteiger partial charge is 1.00 e. The SMILES string of the molecule is [H-].[Na+].[O-][N+](=NO)N1CCNCC1. The van der Waals surface area contributed by atoms with Gasteiger partial charge in [-0.15, -0.1) is 5.01 Å². The monoisotopic (exact) mass is 170 g/mol. The van der Waals surface area contributed by atoms with E-state index in [2.05, 4.69) is 10.6 Å². The first-order chi connectivity index (χ1) is 4.84. The fraction of sp³-hybridized carbons (Fsp3) is 1.00. The van der Waals surface area contributed by atoms with Gasteiger partial charge in [0.15, 0.2) is 0 Å². The average Bonchev–Trinajstić information content (AvgIpc) is 2.05. The Labute approximate surface area is 88.2 Å². The van der Waals surface area contributed by atoms with E-state index in [0.717, 1.165) is 13.1 Å². The molecule has 11 heavy (non-hydrogen) atoms. The second kappa shape index (κ2) is 5.59. The van der Waals surface area contributed by atoms with E-state index in [9.17, 15) is 5.21 Å². The summed E-state index contributed by atoms with van der Waals surface area (Å²) in [7, 11) is 0. The van der Waals surface area contributed by atoms with Gasteiger partial charge in [0, 0.05) is 13.1 Å². The first-order valence-electron chi connectivity index (χ1n) is 3.12. The molecule has 7 heteroatoms. The summed E-state index contributed by atoms with van der Waals surface area (Å²) in [5.41, 5.74) is 0. The van der Waals surface area contributed by atoms with Crippen molar-refractivity contribution in [3.8, 4) is 0 Å². The molecule has 1 rings (SSSR count). The topological polar surface area (TPSA) is 73.9 Å². The number of hydrazine groups is 1. The third-order valence-electron chi connectivity index (χ3n) is 1.41. The molecule has 1 aliphatic heterocycles. The van der Waals surface area contributed by atoms with Crippen molar-refractivity contribution in [2.75, 3.05) is 26.2 Å². The van der Waals surface area contributed by atoms with E-state index in [1.54, 1.807) is 0 Å². The molecule has 0 aromatic heterocycles. The number of hydrogen-bond acceptors (Lipinski definition) is 3. The minimum absolute atomic E-state index is 0. The molecule has 0 radical (unpaired) electrons. The average molecular weight is 170 g/mol. The molecule has 1 saturated heterocycles. The molecule has 1 fully saturated rings. The van der Waals surface area contributed by atoms with E-state index in [0.29, 0.717) is 13.1 Å². The van der Waals surface area contributed by atoms with Crippen LogP contribution in [-0.4, -0.2) is 41.4 Å². The summed E-state index contributed by atoms with van der Waals surface area (Å²) in [6.07, 6.45) is 0. The molecule has 2 N–H and O–H groups in total. The number of hydrogen-bond donors (Lipinski definition) is 2. The zero-order valence-electron chi connectivity index (χ0n) is 7.53. The van der Waals surface area contributed by atoms with Crippen molar-refractivity contribution in [1.82, 2.24) is 10.3 Å². The second-order valence-electron chi connectivity index (χ2n) is 2.05. The predicted octanol–water partition coefficient (Wildman–Crippen LogP) is -3.73. The maximum absolute atomic E-state index is 10.6. The van der Waals surface area contributed by atoms with E-state index in [-0.39, 0.29) is 36.0 Å². The molecule has 0 unspecified atom stereocenters. The van der Waals surface area contributed by atoms with Gasteiger partial charge in [0.2, 0.25) is 5.28 Å². The third kappa shape index (κ3) is 3.24. The van der Waals surface area contributed by atoms with Crippen LogP contribution in [0.2, 0.25) is 0 Å². The molecule has 0 spiro atoms. The van der Waals surface area contributed by atoms with Crippen LogP contribution in [-0.2, 0) is 0 Å². The Balaban J connectivity index is 0. The minimum atomic E-state index is 0.